The second kappa shape index (κ2) is 5.78. The van der Waals surface area contributed by atoms with E-state index in [1.54, 1.807) is 12.1 Å². The summed E-state index contributed by atoms with van der Waals surface area (Å²) in [5.74, 6) is 0.462. The van der Waals surface area contributed by atoms with Crippen LogP contribution in [0.3, 0.4) is 0 Å². The second-order valence-electron chi connectivity index (χ2n) is 4.87. The topological polar surface area (TPSA) is 82.8 Å². The summed E-state index contributed by atoms with van der Waals surface area (Å²) in [6, 6.07) is 5.12. The molecule has 2 aliphatic rings. The smallest absolute Gasteiger partial charge is 0.255 e. The predicted octanol–water partition coefficient (Wildman–Crippen LogP) is 0.224. The number of benzene rings is 1. The number of carbonyl (C=O) groups excluding carboxylic acids is 1. The van der Waals surface area contributed by atoms with E-state index in [4.69, 9.17) is 19.9 Å². The van der Waals surface area contributed by atoms with Crippen LogP contribution in [-0.4, -0.2) is 45.0 Å². The lowest BCUT2D eigenvalue weighted by molar-refractivity contribution is -0.0975. The van der Waals surface area contributed by atoms with E-state index in [9.17, 15) is 4.79 Å². The fraction of sp³-hybridized carbons (Fsp3) is 0.500. The lowest BCUT2D eigenvalue weighted by atomic mass is 9.99. The molecule has 1 aromatic carbocycles. The number of nitrogens with one attached hydrogen (secondary N) is 1. The van der Waals surface area contributed by atoms with Crippen molar-refractivity contribution in [2.75, 3.05) is 33.0 Å². The van der Waals surface area contributed by atoms with Crippen molar-refractivity contribution in [3.05, 3.63) is 29.3 Å². The van der Waals surface area contributed by atoms with Crippen LogP contribution in [0.5, 0.6) is 5.75 Å². The van der Waals surface area contributed by atoms with Gasteiger partial charge < -0.3 is 25.3 Å². The Morgan fingerprint density at radius 3 is 3.00 bits per heavy atom. The third kappa shape index (κ3) is 2.63. The summed E-state index contributed by atoms with van der Waals surface area (Å²) in [6.07, 6.45) is -0.184. The standard InChI is InChI=1S/C14H18N2O4/c15-13(12-8-18-5-6-20-12)9-1-2-11-10(7-9)14(17)16-3-4-19-11/h1-2,7,12-13H,3-6,8,15H2,(H,16,17). The van der Waals surface area contributed by atoms with Gasteiger partial charge >= 0.3 is 0 Å². The number of amides is 1. The Morgan fingerprint density at radius 1 is 1.30 bits per heavy atom. The zero-order chi connectivity index (χ0) is 13.9. The van der Waals surface area contributed by atoms with E-state index >= 15 is 0 Å². The van der Waals surface area contributed by atoms with Crippen molar-refractivity contribution in [2.45, 2.75) is 12.1 Å². The lowest BCUT2D eigenvalue weighted by Gasteiger charge is -2.28. The first-order valence-electron chi connectivity index (χ1n) is 6.75. The molecule has 0 bridgehead atoms. The number of ether oxygens (including phenoxy) is 3. The first kappa shape index (κ1) is 13.4. The minimum absolute atomic E-state index is 0.132. The third-order valence-corrected chi connectivity index (χ3v) is 3.52. The monoisotopic (exact) mass is 278 g/mol. The van der Waals surface area contributed by atoms with E-state index in [1.165, 1.54) is 0 Å². The van der Waals surface area contributed by atoms with Gasteiger partial charge in [-0.15, -0.1) is 0 Å². The van der Waals surface area contributed by atoms with Crippen LogP contribution < -0.4 is 15.8 Å². The minimum atomic E-state index is -0.323. The van der Waals surface area contributed by atoms with Crippen molar-refractivity contribution in [2.24, 2.45) is 5.73 Å². The number of hydrogen-bond acceptors (Lipinski definition) is 5. The summed E-state index contributed by atoms with van der Waals surface area (Å²) >= 11 is 0. The first-order chi connectivity index (χ1) is 9.75. The van der Waals surface area contributed by atoms with Crippen molar-refractivity contribution in [3.8, 4) is 5.75 Å². The zero-order valence-electron chi connectivity index (χ0n) is 11.1. The highest BCUT2D eigenvalue weighted by atomic mass is 16.6. The Labute approximate surface area is 117 Å². The van der Waals surface area contributed by atoms with Gasteiger partial charge in [-0.25, -0.2) is 0 Å². The lowest BCUT2D eigenvalue weighted by Crippen LogP contribution is -2.37. The number of nitrogens with two attached hydrogens (primary N) is 1. The molecule has 2 aliphatic heterocycles. The van der Waals surface area contributed by atoms with Crippen LogP contribution in [0.2, 0.25) is 0 Å². The third-order valence-electron chi connectivity index (χ3n) is 3.52. The fourth-order valence-corrected chi connectivity index (χ4v) is 2.41. The van der Waals surface area contributed by atoms with Crippen molar-refractivity contribution in [1.29, 1.82) is 0 Å². The molecule has 6 heteroatoms. The molecule has 1 amide bonds. The predicted molar refractivity (Wildman–Crippen MR) is 71.8 cm³/mol. The van der Waals surface area contributed by atoms with Crippen LogP contribution in [0.4, 0.5) is 0 Å². The normalized spacial score (nSPS) is 24.1. The van der Waals surface area contributed by atoms with E-state index in [0.29, 0.717) is 44.3 Å². The van der Waals surface area contributed by atoms with Crippen LogP contribution in [0.25, 0.3) is 0 Å². The fourth-order valence-electron chi connectivity index (χ4n) is 2.41. The molecule has 1 saturated heterocycles. The molecular weight excluding hydrogens is 260 g/mol. The van der Waals surface area contributed by atoms with Crippen LogP contribution >= 0.6 is 0 Å². The Bertz CT molecular complexity index is 500. The average molecular weight is 278 g/mol. The molecule has 0 aliphatic carbocycles. The SMILES string of the molecule is NC(c1ccc2c(c1)C(=O)NCCO2)C1COCCO1. The summed E-state index contributed by atoms with van der Waals surface area (Å²) in [5, 5.41) is 2.79. The van der Waals surface area contributed by atoms with Gasteiger partial charge in [0.1, 0.15) is 18.5 Å². The highest BCUT2D eigenvalue weighted by Crippen LogP contribution is 2.26. The molecular formula is C14H18N2O4. The Kier molecular flexibility index (Phi) is 3.86. The van der Waals surface area contributed by atoms with Gasteiger partial charge in [-0.05, 0) is 17.7 Å². The largest absolute Gasteiger partial charge is 0.491 e. The number of fused-ring (bicyclic) bond motifs is 1. The van der Waals surface area contributed by atoms with Crippen LogP contribution in [0.1, 0.15) is 22.0 Å². The van der Waals surface area contributed by atoms with Gasteiger partial charge in [0.15, 0.2) is 0 Å². The summed E-state index contributed by atoms with van der Waals surface area (Å²) in [6.45, 7) is 2.61. The number of rotatable bonds is 2. The molecule has 2 atom stereocenters. The van der Waals surface area contributed by atoms with Gasteiger partial charge in [0.05, 0.1) is 38.0 Å². The molecule has 2 unspecified atom stereocenters. The van der Waals surface area contributed by atoms with E-state index < -0.39 is 0 Å². The molecule has 2 heterocycles. The van der Waals surface area contributed by atoms with E-state index in [-0.39, 0.29) is 18.1 Å². The van der Waals surface area contributed by atoms with E-state index in [2.05, 4.69) is 5.32 Å². The van der Waals surface area contributed by atoms with E-state index in [1.807, 2.05) is 6.07 Å². The molecule has 0 radical (unpaired) electrons. The second-order valence-corrected chi connectivity index (χ2v) is 4.87. The van der Waals surface area contributed by atoms with Crippen molar-refractivity contribution >= 4 is 5.91 Å². The molecule has 108 valence electrons. The number of hydrogen-bond donors (Lipinski definition) is 2. The van der Waals surface area contributed by atoms with Crippen LogP contribution in [0, 0.1) is 0 Å². The maximum Gasteiger partial charge on any atom is 0.255 e. The van der Waals surface area contributed by atoms with Gasteiger partial charge in [0.2, 0.25) is 0 Å². The highest BCUT2D eigenvalue weighted by Gasteiger charge is 2.25. The highest BCUT2D eigenvalue weighted by molar-refractivity contribution is 5.97. The van der Waals surface area contributed by atoms with Gasteiger partial charge in [-0.1, -0.05) is 6.07 Å². The number of carbonyl (C=O) groups is 1. The van der Waals surface area contributed by atoms with E-state index in [0.717, 1.165) is 5.56 Å². The molecule has 0 aromatic heterocycles. The van der Waals surface area contributed by atoms with Crippen molar-refractivity contribution < 1.29 is 19.0 Å². The minimum Gasteiger partial charge on any atom is -0.491 e. The van der Waals surface area contributed by atoms with Crippen molar-refractivity contribution in [1.82, 2.24) is 5.32 Å². The summed E-state index contributed by atoms with van der Waals surface area (Å²) < 4.78 is 16.5. The van der Waals surface area contributed by atoms with Gasteiger partial charge in [-0.3, -0.25) is 4.79 Å². The zero-order valence-corrected chi connectivity index (χ0v) is 11.1. The molecule has 6 nitrogen and oxygen atoms in total. The molecule has 20 heavy (non-hydrogen) atoms. The maximum atomic E-state index is 12.0. The quantitative estimate of drug-likeness (QED) is 0.809. The summed E-state index contributed by atoms with van der Waals surface area (Å²) in [4.78, 5) is 12.0. The molecule has 3 N–H and O–H groups in total. The average Bonchev–Trinajstić information content (AvgIpc) is 2.69. The Hall–Kier alpha value is -1.63. The van der Waals surface area contributed by atoms with Gasteiger partial charge in [0.25, 0.3) is 5.91 Å². The molecule has 0 saturated carbocycles. The molecule has 3 rings (SSSR count). The van der Waals surface area contributed by atoms with Gasteiger partial charge in [0, 0.05) is 0 Å². The van der Waals surface area contributed by atoms with Crippen LogP contribution in [0.15, 0.2) is 18.2 Å². The van der Waals surface area contributed by atoms with Gasteiger partial charge in [-0.2, -0.15) is 0 Å². The van der Waals surface area contributed by atoms with Crippen LogP contribution in [-0.2, 0) is 9.47 Å². The Morgan fingerprint density at radius 2 is 2.20 bits per heavy atom. The summed E-state index contributed by atoms with van der Waals surface area (Å²) in [5.41, 5.74) is 7.58. The Balaban J connectivity index is 1.85. The molecule has 1 fully saturated rings. The molecule has 1 aromatic rings. The maximum absolute atomic E-state index is 12.0. The summed E-state index contributed by atoms with van der Waals surface area (Å²) in [7, 11) is 0. The van der Waals surface area contributed by atoms with Crippen molar-refractivity contribution in [3.63, 3.8) is 0 Å². The molecule has 0 spiro atoms. The first-order valence-corrected chi connectivity index (χ1v) is 6.75.